The average molecular weight is 286 g/mol. The molecule has 110 valence electrons. The average Bonchev–Trinajstić information content (AvgIpc) is 2.71. The smallest absolute Gasteiger partial charge is 0.340 e. The number of aryl methyl sites for hydroxylation is 1. The summed E-state index contributed by atoms with van der Waals surface area (Å²) in [5, 5.41) is 0. The Kier molecular flexibility index (Phi) is 3.16. The zero-order chi connectivity index (χ0) is 15.1. The number of fused-ring (bicyclic) bond motifs is 3. The molecule has 2 aromatic rings. The third kappa shape index (κ3) is 1.98. The number of esters is 1. The molecule has 21 heavy (non-hydrogen) atoms. The van der Waals surface area contributed by atoms with Gasteiger partial charge in [0, 0.05) is 18.9 Å². The van der Waals surface area contributed by atoms with Crippen LogP contribution < -0.4 is 5.73 Å². The minimum absolute atomic E-state index is 0.248. The van der Waals surface area contributed by atoms with Crippen molar-refractivity contribution in [1.29, 1.82) is 0 Å². The Morgan fingerprint density at radius 1 is 1.48 bits per heavy atom. The van der Waals surface area contributed by atoms with Crippen molar-refractivity contribution in [2.24, 2.45) is 7.05 Å². The fourth-order valence-electron chi connectivity index (χ4n) is 2.96. The van der Waals surface area contributed by atoms with Crippen LogP contribution in [0.4, 0.5) is 5.95 Å². The summed E-state index contributed by atoms with van der Waals surface area (Å²) >= 11 is 0. The number of anilines is 1. The number of carbonyl (C=O) groups excluding carboxylic acids is 1. The van der Waals surface area contributed by atoms with Crippen LogP contribution in [0.1, 0.15) is 34.1 Å². The van der Waals surface area contributed by atoms with Crippen molar-refractivity contribution in [3.63, 3.8) is 0 Å². The van der Waals surface area contributed by atoms with Crippen LogP contribution in [0.25, 0.3) is 11.4 Å². The lowest BCUT2D eigenvalue weighted by Gasteiger charge is -2.17. The lowest BCUT2D eigenvalue weighted by molar-refractivity contribution is 0.0524. The predicted molar refractivity (Wildman–Crippen MR) is 79.0 cm³/mol. The first-order valence-electron chi connectivity index (χ1n) is 7.01. The Morgan fingerprint density at radius 3 is 2.95 bits per heavy atom. The van der Waals surface area contributed by atoms with E-state index in [1.54, 1.807) is 6.20 Å². The third-order valence-corrected chi connectivity index (χ3v) is 4.02. The fraction of sp³-hybridized carbons (Fsp3) is 0.400. The van der Waals surface area contributed by atoms with Gasteiger partial charge in [0.15, 0.2) is 0 Å². The van der Waals surface area contributed by atoms with Crippen LogP contribution in [0.2, 0.25) is 0 Å². The summed E-state index contributed by atoms with van der Waals surface area (Å²) < 4.78 is 7.18. The highest BCUT2D eigenvalue weighted by molar-refractivity contribution is 5.95. The highest BCUT2D eigenvalue weighted by Crippen LogP contribution is 2.37. The monoisotopic (exact) mass is 286 g/mol. The quantitative estimate of drug-likeness (QED) is 0.849. The normalized spacial score (nSPS) is 12.7. The molecule has 2 aromatic heterocycles. The van der Waals surface area contributed by atoms with Crippen LogP contribution in [-0.4, -0.2) is 27.1 Å². The summed E-state index contributed by atoms with van der Waals surface area (Å²) in [6.07, 6.45) is 3.36. The number of ether oxygens (including phenoxy) is 1. The van der Waals surface area contributed by atoms with Crippen LogP contribution in [0, 0.1) is 6.92 Å². The minimum Gasteiger partial charge on any atom is -0.462 e. The predicted octanol–water partition coefficient (Wildman–Crippen LogP) is 1.65. The van der Waals surface area contributed by atoms with E-state index in [1.165, 1.54) is 0 Å². The number of carbonyl (C=O) groups is 1. The highest BCUT2D eigenvalue weighted by Gasteiger charge is 2.30. The molecule has 0 aliphatic heterocycles. The van der Waals surface area contributed by atoms with Gasteiger partial charge in [-0.3, -0.25) is 0 Å². The van der Waals surface area contributed by atoms with E-state index in [2.05, 4.69) is 9.97 Å². The van der Waals surface area contributed by atoms with Crippen LogP contribution in [0.5, 0.6) is 0 Å². The first kappa shape index (κ1) is 13.6. The molecule has 0 atom stereocenters. The fourth-order valence-corrected chi connectivity index (χ4v) is 2.96. The Morgan fingerprint density at radius 2 is 2.24 bits per heavy atom. The summed E-state index contributed by atoms with van der Waals surface area (Å²) in [7, 11) is 1.93. The van der Waals surface area contributed by atoms with Crippen molar-refractivity contribution in [2.75, 3.05) is 12.3 Å². The maximum absolute atomic E-state index is 12.2. The molecule has 1 aliphatic carbocycles. The lowest BCUT2D eigenvalue weighted by Crippen LogP contribution is -2.12. The Labute approximate surface area is 123 Å². The van der Waals surface area contributed by atoms with Crippen molar-refractivity contribution in [1.82, 2.24) is 14.5 Å². The van der Waals surface area contributed by atoms with Crippen LogP contribution in [0.15, 0.2) is 6.20 Å². The topological polar surface area (TPSA) is 83.0 Å². The summed E-state index contributed by atoms with van der Waals surface area (Å²) in [5.41, 5.74) is 11.1. The number of hydrogen-bond donors (Lipinski definition) is 1. The third-order valence-electron chi connectivity index (χ3n) is 4.02. The SMILES string of the molecule is CCOC(=O)c1c2c(n(C)c1C)-c1nc(N)ncc1CC2. The van der Waals surface area contributed by atoms with Gasteiger partial charge in [-0.05, 0) is 37.8 Å². The van der Waals surface area contributed by atoms with Crippen LogP contribution in [-0.2, 0) is 24.6 Å². The molecule has 0 fully saturated rings. The molecule has 3 rings (SSSR count). The maximum Gasteiger partial charge on any atom is 0.340 e. The molecule has 2 N–H and O–H groups in total. The van der Waals surface area contributed by atoms with Crippen molar-refractivity contribution >= 4 is 11.9 Å². The molecule has 6 heteroatoms. The molecular weight excluding hydrogens is 268 g/mol. The second-order valence-corrected chi connectivity index (χ2v) is 5.17. The minimum atomic E-state index is -0.266. The van der Waals surface area contributed by atoms with Gasteiger partial charge in [0.2, 0.25) is 5.95 Å². The van der Waals surface area contributed by atoms with E-state index in [0.29, 0.717) is 12.2 Å². The molecule has 6 nitrogen and oxygen atoms in total. The first-order chi connectivity index (χ1) is 10.0. The number of rotatable bonds is 2. The van der Waals surface area contributed by atoms with Crippen LogP contribution in [0.3, 0.4) is 0 Å². The molecule has 0 bridgehead atoms. The summed E-state index contributed by atoms with van der Waals surface area (Å²) in [4.78, 5) is 20.7. The largest absolute Gasteiger partial charge is 0.462 e. The van der Waals surface area contributed by atoms with Crippen molar-refractivity contribution in [2.45, 2.75) is 26.7 Å². The molecule has 2 heterocycles. The van der Waals surface area contributed by atoms with Crippen molar-refractivity contribution < 1.29 is 9.53 Å². The van der Waals surface area contributed by atoms with Gasteiger partial charge in [0.25, 0.3) is 0 Å². The molecule has 0 amide bonds. The lowest BCUT2D eigenvalue weighted by atomic mass is 9.92. The molecule has 0 saturated carbocycles. The summed E-state index contributed by atoms with van der Waals surface area (Å²) in [6, 6.07) is 0. The van der Waals surface area contributed by atoms with Gasteiger partial charge >= 0.3 is 5.97 Å². The Balaban J connectivity index is 2.24. The van der Waals surface area contributed by atoms with E-state index in [0.717, 1.165) is 41.1 Å². The zero-order valence-corrected chi connectivity index (χ0v) is 12.4. The number of nitrogens with zero attached hydrogens (tertiary/aromatic N) is 3. The van der Waals surface area contributed by atoms with Gasteiger partial charge in [-0.2, -0.15) is 0 Å². The van der Waals surface area contributed by atoms with E-state index >= 15 is 0 Å². The molecular formula is C15H18N4O2. The van der Waals surface area contributed by atoms with Gasteiger partial charge in [-0.25, -0.2) is 14.8 Å². The van der Waals surface area contributed by atoms with Gasteiger partial charge in [-0.15, -0.1) is 0 Å². The van der Waals surface area contributed by atoms with Gasteiger partial charge in [0.1, 0.15) is 0 Å². The zero-order valence-electron chi connectivity index (χ0n) is 12.4. The first-order valence-corrected chi connectivity index (χ1v) is 7.01. The second-order valence-electron chi connectivity index (χ2n) is 5.17. The van der Waals surface area contributed by atoms with E-state index in [9.17, 15) is 4.79 Å². The van der Waals surface area contributed by atoms with E-state index in [1.807, 2.05) is 25.5 Å². The molecule has 0 radical (unpaired) electrons. The number of aromatic nitrogens is 3. The highest BCUT2D eigenvalue weighted by atomic mass is 16.5. The maximum atomic E-state index is 12.2. The van der Waals surface area contributed by atoms with E-state index < -0.39 is 0 Å². The van der Waals surface area contributed by atoms with Gasteiger partial charge in [-0.1, -0.05) is 0 Å². The van der Waals surface area contributed by atoms with Gasteiger partial charge in [0.05, 0.1) is 23.6 Å². The number of hydrogen-bond acceptors (Lipinski definition) is 5. The molecule has 0 saturated heterocycles. The number of nitrogen functional groups attached to an aromatic ring is 1. The Hall–Kier alpha value is -2.37. The van der Waals surface area contributed by atoms with Crippen molar-refractivity contribution in [3.8, 4) is 11.4 Å². The standard InChI is InChI=1S/C15H18N4O2/c1-4-21-14(20)11-8(2)19(3)13-10(11)6-5-9-7-17-15(16)18-12(9)13/h7H,4-6H2,1-3H3,(H2,16,17,18). The van der Waals surface area contributed by atoms with Crippen LogP contribution >= 0.6 is 0 Å². The number of nitrogens with two attached hydrogens (primary N) is 1. The van der Waals surface area contributed by atoms with E-state index in [-0.39, 0.29) is 11.9 Å². The molecule has 0 aromatic carbocycles. The summed E-state index contributed by atoms with van der Waals surface area (Å²) in [6.45, 7) is 4.11. The molecule has 0 unspecified atom stereocenters. The van der Waals surface area contributed by atoms with E-state index in [4.69, 9.17) is 10.5 Å². The molecule has 0 spiro atoms. The van der Waals surface area contributed by atoms with Crippen molar-refractivity contribution in [3.05, 3.63) is 28.6 Å². The van der Waals surface area contributed by atoms with Gasteiger partial charge < -0.3 is 15.0 Å². The second kappa shape index (κ2) is 4.87. The summed E-state index contributed by atoms with van der Waals surface area (Å²) in [5.74, 6) is -0.0181. The molecule has 1 aliphatic rings. The Bertz CT molecular complexity index is 734.